The van der Waals surface area contributed by atoms with E-state index in [0.717, 1.165) is 10.8 Å². The number of benzene rings is 4. The van der Waals surface area contributed by atoms with Crippen molar-refractivity contribution in [3.05, 3.63) is 108 Å². The second-order valence-corrected chi connectivity index (χ2v) is 21.1. The second-order valence-electron chi connectivity index (χ2n) is 21.1. The van der Waals surface area contributed by atoms with Crippen LogP contribution < -0.4 is 38.2 Å². The van der Waals surface area contributed by atoms with Crippen molar-refractivity contribution in [2.45, 2.75) is 48.7 Å². The SMILES string of the molecule is COc1ccc2nccc([C@H](O)CN3CC(CCO)C4(CN(c5ccc6c(c5)OCCO6)C(=O)O4)C(C4N(c5ccc6c(c5)OCCO6)C(=O)O[C@@]45CCN(C[C@H](O)c4ccnc6ccc(OC)cc46)C[C@H]5CCO)C3)c2c1. The lowest BCUT2D eigenvalue weighted by Gasteiger charge is -2.56. The molecule has 4 unspecified atom stereocenters. The molecular weight excluding hydrogens is 1000 g/mol. The highest BCUT2D eigenvalue weighted by molar-refractivity contribution is 5.94. The standard InChI is InChI=1S/C58H64N6O14/c1-71-39-5-7-46-43(27-39)41(11-16-59-46)48(67)32-61-18-15-57(35(29-61)13-19-65)54(64(56(70)78-57)38-4-10-51-53(26-38)76-24-22-74-51)45-31-62(33-49(68)42-12-17-60-47-8-6-40(72-2)28-44(42)47)30-36(14-20-66)58(45)34-63(55(69)77-58)37-3-9-50-52(25-37)75-23-21-73-50/h3-12,16-17,25-28,35-36,45,48-49,54,65-68H,13-15,18-24,29-34H2,1-2H3/t35-,36?,45?,48+,49-,54?,57-,58?/m1/s1. The molecule has 6 aromatic rings. The van der Waals surface area contributed by atoms with Crippen LogP contribution in [0.5, 0.6) is 34.5 Å². The third-order valence-corrected chi connectivity index (χ3v) is 16.9. The number of aliphatic hydroxyl groups is 4. The molecule has 20 heteroatoms. The van der Waals surface area contributed by atoms with Gasteiger partial charge in [-0.05, 0) is 96.8 Å². The summed E-state index contributed by atoms with van der Waals surface area (Å²) < 4.78 is 49.0. The van der Waals surface area contributed by atoms with E-state index >= 15 is 4.79 Å². The van der Waals surface area contributed by atoms with Crippen LogP contribution in [0.4, 0.5) is 21.0 Å². The van der Waals surface area contributed by atoms with Gasteiger partial charge in [-0.2, -0.15) is 0 Å². The van der Waals surface area contributed by atoms with Gasteiger partial charge in [0.25, 0.3) is 0 Å². The first-order chi connectivity index (χ1) is 38.0. The number of rotatable bonds is 15. The lowest BCUT2D eigenvalue weighted by atomic mass is 9.61. The van der Waals surface area contributed by atoms with Crippen LogP contribution in [0.2, 0.25) is 0 Å². The summed E-state index contributed by atoms with van der Waals surface area (Å²) in [5, 5.41) is 48.1. The maximum atomic E-state index is 15.4. The summed E-state index contributed by atoms with van der Waals surface area (Å²) in [4.78, 5) is 46.9. The molecule has 6 aliphatic heterocycles. The smallest absolute Gasteiger partial charge is 0.415 e. The monoisotopic (exact) mass is 1070 g/mol. The summed E-state index contributed by atoms with van der Waals surface area (Å²) in [6.45, 7) is 2.40. The molecule has 20 nitrogen and oxygen atoms in total. The van der Waals surface area contributed by atoms with Crippen LogP contribution in [0.3, 0.4) is 0 Å². The van der Waals surface area contributed by atoms with E-state index in [1.807, 2.05) is 42.5 Å². The average Bonchev–Trinajstić information content (AvgIpc) is 4.14. The zero-order valence-corrected chi connectivity index (χ0v) is 43.6. The molecule has 4 fully saturated rings. The van der Waals surface area contributed by atoms with E-state index in [-0.39, 0.29) is 58.7 Å². The number of β-amino-alcohol motifs (C(OH)–C–C–N with tert-alkyl or cyclic N) is 2. The molecule has 0 aliphatic carbocycles. The minimum absolute atomic E-state index is 0.0232. The summed E-state index contributed by atoms with van der Waals surface area (Å²) in [7, 11) is 3.18. The second kappa shape index (κ2) is 21.2. The molecule has 2 aromatic heterocycles. The van der Waals surface area contributed by atoms with Gasteiger partial charge in [-0.3, -0.25) is 29.6 Å². The van der Waals surface area contributed by atoms with Crippen molar-refractivity contribution >= 4 is 45.4 Å². The lowest BCUT2D eigenvalue weighted by Crippen LogP contribution is -2.71. The molecular formula is C58H64N6O14. The number of ether oxygens (including phenoxy) is 8. The van der Waals surface area contributed by atoms with E-state index in [4.69, 9.17) is 37.9 Å². The van der Waals surface area contributed by atoms with Gasteiger partial charge in [0.1, 0.15) is 49.1 Å². The average molecular weight is 1070 g/mol. The van der Waals surface area contributed by atoms with Crippen molar-refractivity contribution in [2.24, 2.45) is 17.8 Å². The Balaban J connectivity index is 0.976. The molecule has 0 radical (unpaired) electrons. The molecule has 12 rings (SSSR count). The number of amides is 2. The maximum Gasteiger partial charge on any atom is 0.415 e. The molecule has 410 valence electrons. The fourth-order valence-corrected chi connectivity index (χ4v) is 13.3. The molecule has 0 bridgehead atoms. The highest BCUT2D eigenvalue weighted by Crippen LogP contribution is 2.56. The first kappa shape index (κ1) is 51.6. The summed E-state index contributed by atoms with van der Waals surface area (Å²) in [6, 6.07) is 24.4. The Kier molecular flexibility index (Phi) is 14.0. The van der Waals surface area contributed by atoms with Crippen molar-refractivity contribution in [3.63, 3.8) is 0 Å². The van der Waals surface area contributed by atoms with Crippen LogP contribution in [0, 0.1) is 17.8 Å². The summed E-state index contributed by atoms with van der Waals surface area (Å²) >= 11 is 0. The van der Waals surface area contributed by atoms with Crippen LogP contribution in [0.25, 0.3) is 21.8 Å². The molecule has 2 amide bonds. The number of likely N-dealkylation sites (tertiary alicyclic amines) is 2. The van der Waals surface area contributed by atoms with Gasteiger partial charge in [-0.15, -0.1) is 0 Å². The van der Waals surface area contributed by atoms with Crippen LogP contribution in [0.15, 0.2) is 97.3 Å². The molecule has 4 aromatic carbocycles. The minimum Gasteiger partial charge on any atom is -0.497 e. The largest absolute Gasteiger partial charge is 0.497 e. The topological polar surface area (TPSA) is 228 Å². The summed E-state index contributed by atoms with van der Waals surface area (Å²) in [5.74, 6) is 1.36. The first-order valence-electron chi connectivity index (χ1n) is 26.7. The lowest BCUT2D eigenvalue weighted by molar-refractivity contribution is -0.147. The van der Waals surface area contributed by atoms with Gasteiger partial charge in [-0.1, -0.05) is 0 Å². The van der Waals surface area contributed by atoms with Crippen molar-refractivity contribution in [1.82, 2.24) is 19.8 Å². The number of hydrogen-bond acceptors (Lipinski definition) is 18. The number of carbonyl (C=O) groups excluding carboxylic acids is 2. The molecule has 4 N–H and O–H groups in total. The Morgan fingerprint density at radius 1 is 0.615 bits per heavy atom. The summed E-state index contributed by atoms with van der Waals surface area (Å²) in [6.07, 6.45) is 0.755. The van der Waals surface area contributed by atoms with Gasteiger partial charge in [0.2, 0.25) is 0 Å². The van der Waals surface area contributed by atoms with Gasteiger partial charge in [-0.25, -0.2) is 9.59 Å². The Bertz CT molecular complexity index is 3220. The third-order valence-electron chi connectivity index (χ3n) is 16.9. The third kappa shape index (κ3) is 9.16. The Morgan fingerprint density at radius 3 is 1.73 bits per heavy atom. The zero-order chi connectivity index (χ0) is 53.7. The number of nitrogens with zero attached hydrogens (tertiary/aromatic N) is 6. The van der Waals surface area contributed by atoms with Gasteiger partial charge < -0.3 is 58.3 Å². The van der Waals surface area contributed by atoms with E-state index in [0.29, 0.717) is 114 Å². The van der Waals surface area contributed by atoms with E-state index in [2.05, 4.69) is 19.8 Å². The molecule has 2 spiro atoms. The van der Waals surface area contributed by atoms with E-state index in [9.17, 15) is 25.2 Å². The predicted molar refractivity (Wildman–Crippen MR) is 285 cm³/mol. The molecule has 4 saturated heterocycles. The van der Waals surface area contributed by atoms with Crippen LogP contribution in [-0.2, 0) is 9.47 Å². The number of aromatic nitrogens is 2. The number of aliphatic hydroxyl groups excluding tert-OH is 4. The zero-order valence-electron chi connectivity index (χ0n) is 43.6. The highest BCUT2D eigenvalue weighted by atomic mass is 16.6. The van der Waals surface area contributed by atoms with Crippen molar-refractivity contribution in [2.75, 3.05) is 109 Å². The van der Waals surface area contributed by atoms with Crippen LogP contribution in [0.1, 0.15) is 42.6 Å². The van der Waals surface area contributed by atoms with E-state index in [1.54, 1.807) is 78.9 Å². The number of carbonyl (C=O) groups is 2. The number of anilines is 2. The van der Waals surface area contributed by atoms with Crippen LogP contribution >= 0.6 is 0 Å². The van der Waals surface area contributed by atoms with E-state index < -0.39 is 59.4 Å². The number of hydrogen-bond donors (Lipinski definition) is 4. The number of pyridine rings is 2. The Morgan fingerprint density at radius 2 is 1.14 bits per heavy atom. The molecule has 78 heavy (non-hydrogen) atoms. The van der Waals surface area contributed by atoms with Gasteiger partial charge in [0, 0.05) is 112 Å². The fourth-order valence-electron chi connectivity index (χ4n) is 13.3. The molecule has 0 saturated carbocycles. The fraction of sp³-hybridized carbons (Fsp3) is 0.448. The molecule has 6 aliphatic rings. The van der Waals surface area contributed by atoms with Gasteiger partial charge >= 0.3 is 12.2 Å². The maximum absolute atomic E-state index is 15.4. The number of piperidine rings is 2. The van der Waals surface area contributed by atoms with Gasteiger partial charge in [0.05, 0.1) is 61.4 Å². The van der Waals surface area contributed by atoms with Crippen molar-refractivity contribution in [3.8, 4) is 34.5 Å². The molecule has 8 heterocycles. The normalized spacial score (nSPS) is 25.9. The summed E-state index contributed by atoms with van der Waals surface area (Å²) in [5.41, 5.74) is 0.938. The quantitative estimate of drug-likeness (QED) is 0.0938. The predicted octanol–water partition coefficient (Wildman–Crippen LogP) is 5.90. The Labute approximate surface area is 450 Å². The number of fused-ring (bicyclic) bond motifs is 4. The molecule has 8 atom stereocenters. The first-order valence-corrected chi connectivity index (χ1v) is 26.7. The highest BCUT2D eigenvalue weighted by Gasteiger charge is 2.70. The minimum atomic E-state index is -1.40. The van der Waals surface area contributed by atoms with Crippen molar-refractivity contribution < 1.29 is 67.9 Å². The number of methoxy groups -OCH3 is 2. The van der Waals surface area contributed by atoms with Gasteiger partial charge in [0.15, 0.2) is 23.0 Å². The van der Waals surface area contributed by atoms with Crippen LogP contribution in [-0.4, -0.2) is 169 Å². The Hall–Kier alpha value is -7.20. The van der Waals surface area contributed by atoms with E-state index in [1.165, 1.54) is 0 Å². The van der Waals surface area contributed by atoms with Crippen molar-refractivity contribution in [1.29, 1.82) is 0 Å².